The van der Waals surface area contributed by atoms with Gasteiger partial charge in [-0.25, -0.2) is 9.98 Å². The number of halogens is 1. The Morgan fingerprint density at radius 3 is 2.60 bits per heavy atom. The first-order valence-electron chi connectivity index (χ1n) is 11.0. The molecule has 0 saturated carbocycles. The Morgan fingerprint density at radius 1 is 1.17 bits per heavy atom. The van der Waals surface area contributed by atoms with Crippen molar-refractivity contribution < 1.29 is 0 Å². The lowest BCUT2D eigenvalue weighted by atomic mass is 9.82. The summed E-state index contributed by atoms with van der Waals surface area (Å²) < 4.78 is 2.18. The molecule has 2 aliphatic rings. The van der Waals surface area contributed by atoms with Crippen molar-refractivity contribution in [3.63, 3.8) is 0 Å². The second-order valence-electron chi connectivity index (χ2n) is 8.37. The molecule has 4 rings (SSSR count). The number of aliphatic imine (C=N–C) groups is 1. The van der Waals surface area contributed by atoms with Gasteiger partial charge >= 0.3 is 0 Å². The van der Waals surface area contributed by atoms with E-state index in [1.165, 1.54) is 37.7 Å². The molecule has 2 aliphatic heterocycles. The van der Waals surface area contributed by atoms with E-state index in [4.69, 9.17) is 4.99 Å². The van der Waals surface area contributed by atoms with Gasteiger partial charge in [-0.2, -0.15) is 0 Å². The molecular weight excluding hydrogens is 487 g/mol. The molecular formula is C23H35IN6. The average molecular weight is 522 g/mol. The minimum absolute atomic E-state index is 0. The molecule has 2 aromatic rings. The first-order valence-corrected chi connectivity index (χ1v) is 11.0. The standard InChI is InChI=1S/C23H34N6.HI/c1-3-24-23(27-19-14-20-10-7-11-21(15-19)28(20)2)26-16-22-25-12-13-29(22)17-18-8-5-4-6-9-18;/h4-6,8-9,12-13,19-21H,3,7,10-11,14-17H2,1-2H3,(H2,24,26,27);1H. The normalized spacial score (nSPS) is 24.2. The molecule has 2 atom stereocenters. The highest BCUT2D eigenvalue weighted by Crippen LogP contribution is 2.32. The predicted octanol–water partition coefficient (Wildman–Crippen LogP) is 3.62. The third kappa shape index (κ3) is 5.75. The number of piperidine rings is 2. The second kappa shape index (κ2) is 11.1. The summed E-state index contributed by atoms with van der Waals surface area (Å²) >= 11 is 0. The van der Waals surface area contributed by atoms with E-state index >= 15 is 0 Å². The molecule has 0 aliphatic carbocycles. The van der Waals surface area contributed by atoms with Crippen LogP contribution in [0.4, 0.5) is 0 Å². The molecule has 2 N–H and O–H groups in total. The first-order chi connectivity index (χ1) is 14.2. The van der Waals surface area contributed by atoms with E-state index in [0.717, 1.165) is 24.9 Å². The maximum absolute atomic E-state index is 4.86. The quantitative estimate of drug-likeness (QED) is 0.346. The van der Waals surface area contributed by atoms with E-state index in [2.05, 4.69) is 63.3 Å². The summed E-state index contributed by atoms with van der Waals surface area (Å²) in [6.45, 7) is 4.39. The summed E-state index contributed by atoms with van der Waals surface area (Å²) in [5.41, 5.74) is 1.28. The lowest BCUT2D eigenvalue weighted by Gasteiger charge is -2.47. The first kappa shape index (κ1) is 23.1. The maximum Gasteiger partial charge on any atom is 0.191 e. The van der Waals surface area contributed by atoms with Crippen molar-refractivity contribution in [2.24, 2.45) is 4.99 Å². The van der Waals surface area contributed by atoms with Gasteiger partial charge in [-0.15, -0.1) is 24.0 Å². The Kier molecular flexibility index (Phi) is 8.56. The van der Waals surface area contributed by atoms with E-state index < -0.39 is 0 Å². The van der Waals surface area contributed by atoms with Gasteiger partial charge in [-0.3, -0.25) is 0 Å². The maximum atomic E-state index is 4.86. The van der Waals surface area contributed by atoms with Crippen LogP contribution in [0.1, 0.15) is 50.4 Å². The molecule has 2 saturated heterocycles. The van der Waals surface area contributed by atoms with Crippen LogP contribution in [0.15, 0.2) is 47.7 Å². The highest BCUT2D eigenvalue weighted by molar-refractivity contribution is 14.0. The van der Waals surface area contributed by atoms with E-state index in [1.807, 2.05) is 18.5 Å². The second-order valence-corrected chi connectivity index (χ2v) is 8.37. The van der Waals surface area contributed by atoms with Crippen molar-refractivity contribution in [3.8, 4) is 0 Å². The minimum Gasteiger partial charge on any atom is -0.357 e. The van der Waals surface area contributed by atoms with Gasteiger partial charge < -0.3 is 20.1 Å². The van der Waals surface area contributed by atoms with Crippen LogP contribution in [0.5, 0.6) is 0 Å². The van der Waals surface area contributed by atoms with E-state index in [9.17, 15) is 0 Å². The molecule has 2 fully saturated rings. The topological polar surface area (TPSA) is 57.5 Å². The third-order valence-corrected chi connectivity index (χ3v) is 6.40. The van der Waals surface area contributed by atoms with Gasteiger partial charge in [0, 0.05) is 43.6 Å². The van der Waals surface area contributed by atoms with Crippen LogP contribution < -0.4 is 10.6 Å². The van der Waals surface area contributed by atoms with Crippen LogP contribution in [0.3, 0.4) is 0 Å². The van der Waals surface area contributed by atoms with Gasteiger partial charge in [0.15, 0.2) is 5.96 Å². The largest absolute Gasteiger partial charge is 0.357 e. The molecule has 1 aromatic carbocycles. The fraction of sp³-hybridized carbons (Fsp3) is 0.565. The number of nitrogens with zero attached hydrogens (tertiary/aromatic N) is 4. The Hall–Kier alpha value is -1.61. The molecule has 3 heterocycles. The molecule has 0 radical (unpaired) electrons. The molecule has 30 heavy (non-hydrogen) atoms. The number of nitrogens with one attached hydrogen (secondary N) is 2. The predicted molar refractivity (Wildman–Crippen MR) is 133 cm³/mol. The summed E-state index contributed by atoms with van der Waals surface area (Å²) in [6, 6.07) is 12.4. The smallest absolute Gasteiger partial charge is 0.191 e. The molecule has 1 aromatic heterocycles. The summed E-state index contributed by atoms with van der Waals surface area (Å²) in [5, 5.41) is 7.14. The number of benzene rings is 1. The molecule has 0 spiro atoms. The summed E-state index contributed by atoms with van der Waals surface area (Å²) in [5.74, 6) is 1.90. The summed E-state index contributed by atoms with van der Waals surface area (Å²) in [7, 11) is 2.30. The Morgan fingerprint density at radius 2 is 1.90 bits per heavy atom. The number of aromatic nitrogens is 2. The van der Waals surface area contributed by atoms with Crippen LogP contribution in [-0.2, 0) is 13.1 Å². The van der Waals surface area contributed by atoms with Gasteiger partial charge in [-0.05, 0) is 45.2 Å². The number of hydrogen-bond acceptors (Lipinski definition) is 3. The van der Waals surface area contributed by atoms with Crippen LogP contribution in [0, 0.1) is 0 Å². The fourth-order valence-electron chi connectivity index (χ4n) is 4.81. The zero-order valence-corrected chi connectivity index (χ0v) is 20.5. The lowest BCUT2D eigenvalue weighted by Crippen LogP contribution is -2.56. The van der Waals surface area contributed by atoms with Crippen LogP contribution in [0.2, 0.25) is 0 Å². The highest BCUT2D eigenvalue weighted by atomic mass is 127. The number of guanidine groups is 1. The van der Waals surface area contributed by atoms with Gasteiger partial charge in [0.2, 0.25) is 0 Å². The van der Waals surface area contributed by atoms with Crippen molar-refractivity contribution in [2.45, 2.75) is 70.2 Å². The molecule has 2 unspecified atom stereocenters. The van der Waals surface area contributed by atoms with Crippen molar-refractivity contribution in [2.75, 3.05) is 13.6 Å². The number of hydrogen-bond donors (Lipinski definition) is 2. The van der Waals surface area contributed by atoms with Gasteiger partial charge in [0.1, 0.15) is 12.4 Å². The minimum atomic E-state index is 0. The van der Waals surface area contributed by atoms with E-state index in [0.29, 0.717) is 24.7 Å². The Bertz CT molecular complexity index is 791. The number of rotatable bonds is 6. The zero-order chi connectivity index (χ0) is 20.1. The van der Waals surface area contributed by atoms with Crippen molar-refractivity contribution >= 4 is 29.9 Å². The van der Waals surface area contributed by atoms with E-state index in [1.54, 1.807) is 0 Å². The third-order valence-electron chi connectivity index (χ3n) is 6.40. The fourth-order valence-corrected chi connectivity index (χ4v) is 4.81. The summed E-state index contributed by atoms with van der Waals surface area (Å²) in [6.07, 6.45) is 10.4. The zero-order valence-electron chi connectivity index (χ0n) is 18.1. The van der Waals surface area contributed by atoms with Crippen molar-refractivity contribution in [1.29, 1.82) is 0 Å². The summed E-state index contributed by atoms with van der Waals surface area (Å²) in [4.78, 5) is 12.0. The number of fused-ring (bicyclic) bond motifs is 2. The van der Waals surface area contributed by atoms with Crippen LogP contribution in [-0.4, -0.2) is 52.1 Å². The lowest BCUT2D eigenvalue weighted by molar-refractivity contribution is 0.0526. The van der Waals surface area contributed by atoms with Gasteiger partial charge in [0.05, 0.1) is 0 Å². The monoisotopic (exact) mass is 522 g/mol. The van der Waals surface area contributed by atoms with Gasteiger partial charge in [-0.1, -0.05) is 36.8 Å². The van der Waals surface area contributed by atoms with Crippen molar-refractivity contribution in [1.82, 2.24) is 25.1 Å². The molecule has 2 bridgehead atoms. The molecule has 7 heteroatoms. The van der Waals surface area contributed by atoms with E-state index in [-0.39, 0.29) is 24.0 Å². The SMILES string of the molecule is CCNC(=NCc1nccn1Cc1ccccc1)NC1CC2CCCC(C1)N2C.I. The Balaban J connectivity index is 0.00000256. The highest BCUT2D eigenvalue weighted by Gasteiger charge is 2.36. The van der Waals surface area contributed by atoms with Crippen LogP contribution in [0.25, 0.3) is 0 Å². The molecule has 0 amide bonds. The Labute approximate surface area is 197 Å². The van der Waals surface area contributed by atoms with Crippen molar-refractivity contribution in [3.05, 3.63) is 54.1 Å². The molecule has 6 nitrogen and oxygen atoms in total. The van der Waals surface area contributed by atoms with Gasteiger partial charge in [0.25, 0.3) is 0 Å². The molecule has 164 valence electrons. The number of imidazole rings is 1. The average Bonchev–Trinajstić information content (AvgIpc) is 3.15. The van der Waals surface area contributed by atoms with Crippen LogP contribution >= 0.6 is 24.0 Å².